The molecule has 4 atom stereocenters. The number of hydrogen-bond acceptors (Lipinski definition) is 6. The second-order valence-electron chi connectivity index (χ2n) is 5.99. The molecule has 1 saturated heterocycles. The minimum absolute atomic E-state index is 0.184. The van der Waals surface area contributed by atoms with E-state index in [2.05, 4.69) is 9.98 Å². The molecule has 1 aliphatic rings. The van der Waals surface area contributed by atoms with Crippen molar-refractivity contribution < 1.29 is 20.1 Å². The van der Waals surface area contributed by atoms with Crippen LogP contribution in [0.1, 0.15) is 17.5 Å². The van der Waals surface area contributed by atoms with Gasteiger partial charge in [0, 0.05) is 11.4 Å². The smallest absolute Gasteiger partial charge is 0.192 e. The van der Waals surface area contributed by atoms with Gasteiger partial charge in [0.1, 0.15) is 18.3 Å². The third-order valence-electron chi connectivity index (χ3n) is 4.15. The van der Waals surface area contributed by atoms with Gasteiger partial charge in [0.2, 0.25) is 0 Å². The maximum atomic E-state index is 10.2. The zero-order valence-corrected chi connectivity index (χ0v) is 14.5. The first kappa shape index (κ1) is 18.6. The molecular formula is C16H20ClN5O4. The predicted octanol–water partition coefficient (Wildman–Crippen LogP) is -0.356. The van der Waals surface area contributed by atoms with Crippen LogP contribution in [0.15, 0.2) is 35.6 Å². The Balaban J connectivity index is 1.95. The summed E-state index contributed by atoms with van der Waals surface area (Å²) in [6.45, 7) is -0.432. The zero-order chi connectivity index (χ0) is 18.8. The molecule has 0 radical (unpaired) electrons. The summed E-state index contributed by atoms with van der Waals surface area (Å²) < 4.78 is 6.97. The molecule has 2 aromatic rings. The van der Waals surface area contributed by atoms with E-state index in [0.29, 0.717) is 23.0 Å². The average Bonchev–Trinajstić information content (AvgIpc) is 3.11. The van der Waals surface area contributed by atoms with Crippen LogP contribution in [0.2, 0.25) is 5.02 Å². The number of halogens is 1. The topological polar surface area (TPSA) is 152 Å². The fourth-order valence-electron chi connectivity index (χ4n) is 2.85. The lowest BCUT2D eigenvalue weighted by atomic mass is 10.1. The summed E-state index contributed by atoms with van der Waals surface area (Å²) in [6.07, 6.45) is -2.55. The molecule has 26 heavy (non-hydrogen) atoms. The summed E-state index contributed by atoms with van der Waals surface area (Å²) in [4.78, 5) is 8.42. The highest BCUT2D eigenvalue weighted by Gasteiger charge is 2.44. The van der Waals surface area contributed by atoms with Gasteiger partial charge in [0.25, 0.3) is 0 Å². The number of benzene rings is 1. The first-order valence-corrected chi connectivity index (χ1v) is 8.30. The number of aliphatic hydroxyl groups is 3. The lowest BCUT2D eigenvalue weighted by Crippen LogP contribution is -2.33. The Kier molecular flexibility index (Phi) is 5.44. The summed E-state index contributed by atoms with van der Waals surface area (Å²) in [5.41, 5.74) is 12.5. The molecule has 140 valence electrons. The van der Waals surface area contributed by atoms with Crippen LogP contribution in [-0.4, -0.2) is 55.7 Å². The van der Waals surface area contributed by atoms with Gasteiger partial charge in [-0.15, -0.1) is 0 Å². The van der Waals surface area contributed by atoms with E-state index in [4.69, 9.17) is 27.8 Å². The van der Waals surface area contributed by atoms with Gasteiger partial charge in [-0.3, -0.25) is 4.57 Å². The third kappa shape index (κ3) is 3.67. The molecule has 1 aromatic heterocycles. The van der Waals surface area contributed by atoms with Crippen molar-refractivity contribution in [1.82, 2.24) is 9.55 Å². The normalized spacial score (nSPS) is 25.4. The number of hydrogen-bond donors (Lipinski definition) is 5. The van der Waals surface area contributed by atoms with E-state index in [9.17, 15) is 15.3 Å². The number of aliphatic hydroxyl groups excluding tert-OH is 3. The molecule has 0 unspecified atom stereocenters. The van der Waals surface area contributed by atoms with Gasteiger partial charge in [-0.05, 0) is 17.7 Å². The summed E-state index contributed by atoms with van der Waals surface area (Å²) >= 11 is 5.90. The Morgan fingerprint density at radius 1 is 1.23 bits per heavy atom. The Bertz CT molecular complexity index is 790. The van der Waals surface area contributed by atoms with E-state index in [0.717, 1.165) is 5.56 Å². The van der Waals surface area contributed by atoms with E-state index < -0.39 is 31.1 Å². The average molecular weight is 382 g/mol. The van der Waals surface area contributed by atoms with Crippen LogP contribution >= 0.6 is 11.6 Å². The van der Waals surface area contributed by atoms with Crippen molar-refractivity contribution in [2.24, 2.45) is 16.5 Å². The predicted molar refractivity (Wildman–Crippen MR) is 95.0 cm³/mol. The standard InChI is InChI=1S/C16H20ClN5O4/c17-9-3-1-8(2-4-9)5-10-14(21-16(18)19)22(7-20-10)15-13(25)12(24)11(6-23)26-15/h1-4,7,11-13,15,23-25H,5-6H2,(H4,18,19,21)/t11-,12-,13-,15-/m1/s1. The molecule has 9 nitrogen and oxygen atoms in total. The summed E-state index contributed by atoms with van der Waals surface area (Å²) in [5, 5.41) is 30.1. The van der Waals surface area contributed by atoms with Crippen LogP contribution in [0.5, 0.6) is 0 Å². The third-order valence-corrected chi connectivity index (χ3v) is 4.40. The molecule has 7 N–H and O–H groups in total. The number of imidazole rings is 1. The Morgan fingerprint density at radius 3 is 2.50 bits per heavy atom. The van der Waals surface area contributed by atoms with E-state index in [-0.39, 0.29) is 5.96 Å². The Hall–Kier alpha value is -2.17. The Morgan fingerprint density at radius 2 is 1.92 bits per heavy atom. The van der Waals surface area contributed by atoms with E-state index in [1.165, 1.54) is 10.9 Å². The number of ether oxygens (including phenoxy) is 1. The van der Waals surface area contributed by atoms with Gasteiger partial charge in [0.05, 0.1) is 18.6 Å². The fourth-order valence-corrected chi connectivity index (χ4v) is 2.98. The summed E-state index contributed by atoms with van der Waals surface area (Å²) in [5.74, 6) is 0.116. The lowest BCUT2D eigenvalue weighted by Gasteiger charge is -2.17. The van der Waals surface area contributed by atoms with Crippen LogP contribution < -0.4 is 11.5 Å². The molecule has 0 amide bonds. The molecular weight excluding hydrogens is 362 g/mol. The molecule has 0 aliphatic carbocycles. The van der Waals surface area contributed by atoms with Crippen molar-refractivity contribution in [1.29, 1.82) is 0 Å². The molecule has 0 bridgehead atoms. The van der Waals surface area contributed by atoms with Crippen molar-refractivity contribution in [3.8, 4) is 0 Å². The highest BCUT2D eigenvalue weighted by Crippen LogP contribution is 2.34. The molecule has 3 rings (SSSR count). The van der Waals surface area contributed by atoms with Crippen LogP contribution in [0.3, 0.4) is 0 Å². The summed E-state index contributed by atoms with van der Waals surface area (Å²) in [7, 11) is 0. The molecule has 1 aliphatic heterocycles. The van der Waals surface area contributed by atoms with Gasteiger partial charge in [0.15, 0.2) is 18.0 Å². The van der Waals surface area contributed by atoms with Crippen molar-refractivity contribution >= 4 is 23.4 Å². The van der Waals surface area contributed by atoms with Crippen molar-refractivity contribution in [2.75, 3.05) is 6.61 Å². The minimum atomic E-state index is -1.27. The maximum Gasteiger partial charge on any atom is 0.192 e. The zero-order valence-electron chi connectivity index (χ0n) is 13.7. The monoisotopic (exact) mass is 381 g/mol. The number of nitrogens with two attached hydrogens (primary N) is 2. The van der Waals surface area contributed by atoms with Crippen LogP contribution in [0, 0.1) is 0 Å². The Labute approximate surface area is 154 Å². The SMILES string of the molecule is NC(N)=Nc1c(Cc2ccc(Cl)cc2)ncn1[C@@H]1O[C@H](CO)[C@@H](O)[C@H]1O. The van der Waals surface area contributed by atoms with Crippen molar-refractivity contribution in [2.45, 2.75) is 31.0 Å². The van der Waals surface area contributed by atoms with E-state index >= 15 is 0 Å². The molecule has 2 heterocycles. The largest absolute Gasteiger partial charge is 0.394 e. The van der Waals surface area contributed by atoms with Gasteiger partial charge in [-0.2, -0.15) is 4.99 Å². The van der Waals surface area contributed by atoms with Gasteiger partial charge >= 0.3 is 0 Å². The van der Waals surface area contributed by atoms with Crippen LogP contribution in [0.25, 0.3) is 0 Å². The number of guanidine groups is 1. The second kappa shape index (κ2) is 7.60. The minimum Gasteiger partial charge on any atom is -0.394 e. The molecule has 1 fully saturated rings. The molecule has 0 spiro atoms. The molecule has 10 heteroatoms. The fraction of sp³-hybridized carbons (Fsp3) is 0.375. The maximum absolute atomic E-state index is 10.2. The quantitative estimate of drug-likeness (QED) is 0.350. The van der Waals surface area contributed by atoms with E-state index in [1.807, 2.05) is 12.1 Å². The molecule has 0 saturated carbocycles. The van der Waals surface area contributed by atoms with Gasteiger partial charge in [-0.1, -0.05) is 23.7 Å². The first-order chi connectivity index (χ1) is 12.4. The second-order valence-corrected chi connectivity index (χ2v) is 6.43. The highest BCUT2D eigenvalue weighted by atomic mass is 35.5. The number of aromatic nitrogens is 2. The van der Waals surface area contributed by atoms with Crippen LogP contribution in [-0.2, 0) is 11.2 Å². The number of rotatable bonds is 5. The summed E-state index contributed by atoms with van der Waals surface area (Å²) in [6, 6.07) is 7.24. The van der Waals surface area contributed by atoms with Crippen molar-refractivity contribution in [3.05, 3.63) is 46.9 Å². The highest BCUT2D eigenvalue weighted by molar-refractivity contribution is 6.30. The number of aliphatic imine (C=N–C) groups is 1. The first-order valence-electron chi connectivity index (χ1n) is 7.93. The van der Waals surface area contributed by atoms with Crippen LogP contribution in [0.4, 0.5) is 5.82 Å². The number of nitrogens with zero attached hydrogens (tertiary/aromatic N) is 3. The van der Waals surface area contributed by atoms with Crippen molar-refractivity contribution in [3.63, 3.8) is 0 Å². The van der Waals surface area contributed by atoms with Gasteiger partial charge in [-0.25, -0.2) is 4.98 Å². The van der Waals surface area contributed by atoms with E-state index in [1.54, 1.807) is 12.1 Å². The lowest BCUT2D eigenvalue weighted by molar-refractivity contribution is -0.0520. The van der Waals surface area contributed by atoms with Gasteiger partial charge < -0.3 is 31.5 Å². The molecule has 1 aromatic carbocycles.